The van der Waals surface area contributed by atoms with E-state index in [1.165, 1.54) is 0 Å². The number of nitrogens with zero attached hydrogens (tertiary/aromatic N) is 1. The summed E-state index contributed by atoms with van der Waals surface area (Å²) in [5.41, 5.74) is 0.341. The molecule has 0 aromatic heterocycles. The summed E-state index contributed by atoms with van der Waals surface area (Å²) in [4.78, 5) is 26.7. The lowest BCUT2D eigenvalue weighted by atomic mass is 9.88. The molecule has 3 nitrogen and oxygen atoms in total. The first-order valence-electron chi connectivity index (χ1n) is 8.56. The van der Waals surface area contributed by atoms with Gasteiger partial charge in [-0.15, -0.1) is 0 Å². The number of piperidine rings is 1. The monoisotopic (exact) mass is 411 g/mol. The normalized spacial score (nSPS) is 15.0. The molecule has 0 bridgehead atoms. The zero-order valence-corrected chi connectivity index (χ0v) is 15.9. The van der Waals surface area contributed by atoms with E-state index in [1.807, 2.05) is 0 Å². The Labute approximate surface area is 165 Å². The van der Waals surface area contributed by atoms with Gasteiger partial charge in [0, 0.05) is 29.1 Å². The Morgan fingerprint density at radius 3 is 2.30 bits per heavy atom. The fraction of sp³-hybridized carbons (Fsp3) is 0.300. The summed E-state index contributed by atoms with van der Waals surface area (Å²) < 4.78 is 27.1. The number of benzene rings is 2. The average Bonchev–Trinajstić information content (AvgIpc) is 2.66. The van der Waals surface area contributed by atoms with Gasteiger partial charge in [-0.05, 0) is 48.7 Å². The van der Waals surface area contributed by atoms with Crippen LogP contribution in [0.4, 0.5) is 8.78 Å². The minimum atomic E-state index is -0.728. The summed E-state index contributed by atoms with van der Waals surface area (Å²) in [7, 11) is 0. The molecule has 1 fully saturated rings. The molecule has 27 heavy (non-hydrogen) atoms. The van der Waals surface area contributed by atoms with Gasteiger partial charge in [-0.3, -0.25) is 9.59 Å². The zero-order valence-electron chi connectivity index (χ0n) is 14.4. The highest BCUT2D eigenvalue weighted by molar-refractivity contribution is 6.36. The molecule has 0 saturated carbocycles. The van der Waals surface area contributed by atoms with Gasteiger partial charge in [-0.25, -0.2) is 8.78 Å². The number of hydrogen-bond donors (Lipinski definition) is 0. The van der Waals surface area contributed by atoms with E-state index in [0.717, 1.165) is 18.2 Å². The number of likely N-dealkylation sites (tertiary alicyclic amines) is 1. The second-order valence-corrected chi connectivity index (χ2v) is 7.33. The topological polar surface area (TPSA) is 37.4 Å². The molecule has 0 N–H and O–H groups in total. The number of rotatable bonds is 4. The van der Waals surface area contributed by atoms with Gasteiger partial charge in [0.05, 0.1) is 12.0 Å². The van der Waals surface area contributed by atoms with Crippen LogP contribution >= 0.6 is 23.2 Å². The summed E-state index contributed by atoms with van der Waals surface area (Å²) in [5, 5.41) is 0.866. The van der Waals surface area contributed by atoms with Gasteiger partial charge in [0.25, 0.3) is 0 Å². The van der Waals surface area contributed by atoms with Crippen LogP contribution in [0.2, 0.25) is 10.0 Å². The molecular formula is C20H17Cl2F2NO2. The zero-order chi connectivity index (χ0) is 19.6. The maximum atomic E-state index is 13.8. The quantitative estimate of drug-likeness (QED) is 0.668. The molecule has 1 amide bonds. The predicted molar refractivity (Wildman–Crippen MR) is 100 cm³/mol. The molecular weight excluding hydrogens is 395 g/mol. The van der Waals surface area contributed by atoms with E-state index in [-0.39, 0.29) is 17.9 Å². The van der Waals surface area contributed by atoms with Crippen molar-refractivity contribution in [3.63, 3.8) is 0 Å². The minimum absolute atomic E-state index is 0.0790. The summed E-state index contributed by atoms with van der Waals surface area (Å²) >= 11 is 12.2. The van der Waals surface area contributed by atoms with Crippen LogP contribution in [0.25, 0.3) is 0 Å². The SMILES string of the molecule is O=C(c1cc(F)ccc1F)C1CCN(C(=O)Cc2c(Cl)cccc2Cl)CC1. The largest absolute Gasteiger partial charge is 0.342 e. The Kier molecular flexibility index (Phi) is 6.12. The van der Waals surface area contributed by atoms with Gasteiger partial charge in [0.1, 0.15) is 11.6 Å². The molecule has 142 valence electrons. The lowest BCUT2D eigenvalue weighted by molar-refractivity contribution is -0.131. The van der Waals surface area contributed by atoms with Crippen molar-refractivity contribution >= 4 is 34.9 Å². The van der Waals surface area contributed by atoms with E-state index in [9.17, 15) is 18.4 Å². The number of ketones is 1. The van der Waals surface area contributed by atoms with Crippen molar-refractivity contribution in [1.82, 2.24) is 4.90 Å². The molecule has 1 heterocycles. The second kappa shape index (κ2) is 8.36. The number of carbonyl (C=O) groups is 2. The number of carbonyl (C=O) groups excluding carboxylic acids is 2. The van der Waals surface area contributed by atoms with Crippen molar-refractivity contribution in [3.8, 4) is 0 Å². The molecule has 0 spiro atoms. The third-order valence-electron chi connectivity index (χ3n) is 4.80. The molecule has 1 aliphatic heterocycles. The summed E-state index contributed by atoms with van der Waals surface area (Å²) in [6.45, 7) is 0.739. The van der Waals surface area contributed by atoms with E-state index < -0.39 is 23.3 Å². The molecule has 1 saturated heterocycles. The minimum Gasteiger partial charge on any atom is -0.342 e. The van der Waals surface area contributed by atoms with E-state index in [0.29, 0.717) is 41.5 Å². The number of hydrogen-bond acceptors (Lipinski definition) is 2. The summed E-state index contributed by atoms with van der Waals surface area (Å²) in [5.74, 6) is -2.37. The smallest absolute Gasteiger partial charge is 0.227 e. The van der Waals surface area contributed by atoms with E-state index in [1.54, 1.807) is 23.1 Å². The van der Waals surface area contributed by atoms with Gasteiger partial charge in [-0.1, -0.05) is 29.3 Å². The molecule has 1 aliphatic rings. The number of amides is 1. The third-order valence-corrected chi connectivity index (χ3v) is 5.51. The Morgan fingerprint density at radius 1 is 1.04 bits per heavy atom. The van der Waals surface area contributed by atoms with Crippen molar-refractivity contribution in [1.29, 1.82) is 0 Å². The van der Waals surface area contributed by atoms with Gasteiger partial charge < -0.3 is 4.90 Å². The highest BCUT2D eigenvalue weighted by Gasteiger charge is 2.29. The molecule has 0 aliphatic carbocycles. The van der Waals surface area contributed by atoms with Crippen LogP contribution in [-0.4, -0.2) is 29.7 Å². The van der Waals surface area contributed by atoms with Gasteiger partial charge >= 0.3 is 0 Å². The van der Waals surface area contributed by atoms with E-state index in [2.05, 4.69) is 0 Å². The van der Waals surface area contributed by atoms with Crippen molar-refractivity contribution in [3.05, 3.63) is 69.2 Å². The molecule has 2 aromatic carbocycles. The van der Waals surface area contributed by atoms with Crippen molar-refractivity contribution in [2.75, 3.05) is 13.1 Å². The second-order valence-electron chi connectivity index (χ2n) is 6.52. The average molecular weight is 412 g/mol. The van der Waals surface area contributed by atoms with Crippen LogP contribution in [0.15, 0.2) is 36.4 Å². The van der Waals surface area contributed by atoms with Crippen molar-refractivity contribution in [2.24, 2.45) is 5.92 Å². The van der Waals surface area contributed by atoms with Crippen molar-refractivity contribution in [2.45, 2.75) is 19.3 Å². The maximum absolute atomic E-state index is 13.8. The summed E-state index contributed by atoms with van der Waals surface area (Å²) in [6, 6.07) is 7.92. The fourth-order valence-electron chi connectivity index (χ4n) is 3.26. The van der Waals surface area contributed by atoms with E-state index >= 15 is 0 Å². The molecule has 0 radical (unpaired) electrons. The Balaban J connectivity index is 1.62. The van der Waals surface area contributed by atoms with Gasteiger partial charge in [0.15, 0.2) is 5.78 Å². The Morgan fingerprint density at radius 2 is 1.67 bits per heavy atom. The molecule has 3 rings (SSSR count). The first kappa shape index (κ1) is 19.8. The Hall–Kier alpha value is -1.98. The first-order valence-corrected chi connectivity index (χ1v) is 9.32. The lowest BCUT2D eigenvalue weighted by Crippen LogP contribution is -2.41. The summed E-state index contributed by atoms with van der Waals surface area (Å²) in [6.07, 6.45) is 0.878. The third kappa shape index (κ3) is 4.47. The van der Waals surface area contributed by atoms with Gasteiger partial charge in [0.2, 0.25) is 5.91 Å². The Bertz CT molecular complexity index is 860. The highest BCUT2D eigenvalue weighted by atomic mass is 35.5. The maximum Gasteiger partial charge on any atom is 0.227 e. The molecule has 7 heteroatoms. The predicted octanol–water partition coefficient (Wildman–Crippen LogP) is 4.94. The standard InChI is InChI=1S/C20H17Cl2F2NO2/c21-16-2-1-3-17(22)14(16)11-19(26)25-8-6-12(7-9-25)20(27)15-10-13(23)4-5-18(15)24/h1-5,10,12H,6-9,11H2. The van der Waals surface area contributed by atoms with Crippen LogP contribution in [0, 0.1) is 17.6 Å². The van der Waals surface area contributed by atoms with Crippen LogP contribution < -0.4 is 0 Å². The molecule has 0 atom stereocenters. The van der Waals surface area contributed by atoms with Crippen LogP contribution in [0.3, 0.4) is 0 Å². The fourth-order valence-corrected chi connectivity index (χ4v) is 3.79. The number of Topliss-reactive ketones (excluding diaryl/α,β-unsaturated/α-hetero) is 1. The lowest BCUT2D eigenvalue weighted by Gasteiger charge is -2.31. The van der Waals surface area contributed by atoms with Crippen molar-refractivity contribution < 1.29 is 18.4 Å². The van der Waals surface area contributed by atoms with E-state index in [4.69, 9.17) is 23.2 Å². The van der Waals surface area contributed by atoms with Crippen LogP contribution in [0.5, 0.6) is 0 Å². The number of halogens is 4. The highest BCUT2D eigenvalue weighted by Crippen LogP contribution is 2.27. The molecule has 0 unspecified atom stereocenters. The first-order chi connectivity index (χ1) is 12.9. The van der Waals surface area contributed by atoms with Crippen LogP contribution in [0.1, 0.15) is 28.8 Å². The molecule has 2 aromatic rings. The van der Waals surface area contributed by atoms with Gasteiger partial charge in [-0.2, -0.15) is 0 Å². The van der Waals surface area contributed by atoms with Crippen LogP contribution in [-0.2, 0) is 11.2 Å².